The third-order valence-corrected chi connectivity index (χ3v) is 5.28. The quantitative estimate of drug-likeness (QED) is 0.627. The normalized spacial score (nSPS) is 14.6. The molecule has 6 nitrogen and oxygen atoms in total. The third kappa shape index (κ3) is 5.77. The third-order valence-electron chi connectivity index (χ3n) is 5.00. The second-order valence-corrected chi connectivity index (χ2v) is 7.39. The van der Waals surface area contributed by atoms with E-state index in [9.17, 15) is 9.59 Å². The van der Waals surface area contributed by atoms with Crippen LogP contribution in [0.5, 0.6) is 11.5 Å². The summed E-state index contributed by atoms with van der Waals surface area (Å²) in [6, 6.07) is 3.27. The van der Waals surface area contributed by atoms with Crippen LogP contribution >= 0.6 is 11.6 Å². The number of methoxy groups -OCH3 is 1. The highest BCUT2D eigenvalue weighted by atomic mass is 35.5. The maximum atomic E-state index is 12.9. The van der Waals surface area contributed by atoms with E-state index in [1.54, 1.807) is 17.0 Å². The Morgan fingerprint density at radius 1 is 1.21 bits per heavy atom. The molecule has 2 amide bonds. The number of hydrogen-bond acceptors (Lipinski definition) is 4. The molecule has 1 aliphatic rings. The molecule has 0 atom stereocenters. The minimum atomic E-state index is -0.106. The second-order valence-electron chi connectivity index (χ2n) is 6.99. The number of nitrogens with one attached hydrogen (secondary N) is 1. The van der Waals surface area contributed by atoms with E-state index < -0.39 is 0 Å². The SMILES string of the molecule is CCCCCNC(=O)C1CCN(C(=O)c2cc(Cl)c(OCC)c(OC)c2)CC1. The van der Waals surface area contributed by atoms with Gasteiger partial charge in [-0.2, -0.15) is 0 Å². The monoisotopic (exact) mass is 410 g/mol. The molecule has 0 aliphatic carbocycles. The smallest absolute Gasteiger partial charge is 0.254 e. The summed E-state index contributed by atoms with van der Waals surface area (Å²) < 4.78 is 10.8. The number of carbonyl (C=O) groups excluding carboxylic acids is 2. The van der Waals surface area contributed by atoms with Gasteiger partial charge in [-0.05, 0) is 38.3 Å². The van der Waals surface area contributed by atoms with Gasteiger partial charge in [0.05, 0.1) is 18.7 Å². The van der Waals surface area contributed by atoms with E-state index in [0.29, 0.717) is 54.6 Å². The van der Waals surface area contributed by atoms with Crippen molar-refractivity contribution in [3.8, 4) is 11.5 Å². The van der Waals surface area contributed by atoms with Gasteiger partial charge < -0.3 is 19.7 Å². The highest BCUT2D eigenvalue weighted by Crippen LogP contribution is 2.37. The Bertz CT molecular complexity index is 673. The molecule has 0 unspecified atom stereocenters. The molecule has 0 radical (unpaired) electrons. The Morgan fingerprint density at radius 2 is 1.93 bits per heavy atom. The predicted octanol–water partition coefficient (Wildman–Crippen LogP) is 3.91. The molecule has 0 aromatic heterocycles. The van der Waals surface area contributed by atoms with Crippen LogP contribution < -0.4 is 14.8 Å². The summed E-state index contributed by atoms with van der Waals surface area (Å²) in [7, 11) is 1.52. The molecule has 1 fully saturated rings. The Hall–Kier alpha value is -1.95. The summed E-state index contributed by atoms with van der Waals surface area (Å²) in [5.41, 5.74) is 0.466. The first-order valence-corrected chi connectivity index (χ1v) is 10.5. The number of amides is 2. The van der Waals surface area contributed by atoms with Gasteiger partial charge in [0.2, 0.25) is 5.91 Å². The van der Waals surface area contributed by atoms with Gasteiger partial charge in [-0.1, -0.05) is 31.4 Å². The molecule has 1 aromatic rings. The van der Waals surface area contributed by atoms with Crippen molar-refractivity contribution in [3.05, 3.63) is 22.7 Å². The van der Waals surface area contributed by atoms with Crippen molar-refractivity contribution in [1.29, 1.82) is 0 Å². The highest BCUT2D eigenvalue weighted by Gasteiger charge is 2.28. The molecule has 0 saturated carbocycles. The van der Waals surface area contributed by atoms with Crippen molar-refractivity contribution in [3.63, 3.8) is 0 Å². The maximum absolute atomic E-state index is 12.9. The Kier molecular flexibility index (Phi) is 8.90. The first-order valence-electron chi connectivity index (χ1n) is 10.1. The topological polar surface area (TPSA) is 67.9 Å². The molecule has 1 saturated heterocycles. The molecule has 1 heterocycles. The summed E-state index contributed by atoms with van der Waals surface area (Å²) in [5, 5.41) is 3.37. The molecule has 156 valence electrons. The van der Waals surface area contributed by atoms with Gasteiger partial charge in [-0.25, -0.2) is 0 Å². The summed E-state index contributed by atoms with van der Waals surface area (Å²) >= 11 is 6.28. The molecule has 0 spiro atoms. The molecule has 0 bridgehead atoms. The molecule has 1 aliphatic heterocycles. The maximum Gasteiger partial charge on any atom is 0.254 e. The van der Waals surface area contributed by atoms with Crippen LogP contribution in [0.15, 0.2) is 12.1 Å². The standard InChI is InChI=1S/C21H31ClN2O4/c1-4-6-7-10-23-20(25)15-8-11-24(12-9-15)21(26)16-13-17(22)19(28-5-2)18(14-16)27-3/h13-15H,4-12H2,1-3H3,(H,23,25). The van der Waals surface area contributed by atoms with Gasteiger partial charge in [0.25, 0.3) is 5.91 Å². The van der Waals surface area contributed by atoms with Gasteiger partial charge in [0, 0.05) is 31.1 Å². The zero-order valence-corrected chi connectivity index (χ0v) is 17.8. The number of benzene rings is 1. The lowest BCUT2D eigenvalue weighted by Gasteiger charge is -2.31. The minimum Gasteiger partial charge on any atom is -0.493 e. The summed E-state index contributed by atoms with van der Waals surface area (Å²) in [5.74, 6) is 0.865. The van der Waals surface area contributed by atoms with E-state index in [2.05, 4.69) is 12.2 Å². The Labute approximate surface area is 172 Å². The second kappa shape index (κ2) is 11.1. The van der Waals surface area contributed by atoms with Crippen LogP contribution in [0, 0.1) is 5.92 Å². The number of likely N-dealkylation sites (tertiary alicyclic amines) is 1. The van der Waals surface area contributed by atoms with Crippen LogP contribution in [0.2, 0.25) is 5.02 Å². The first kappa shape index (κ1) is 22.3. The summed E-state index contributed by atoms with van der Waals surface area (Å²) in [6.07, 6.45) is 4.62. The molecule has 1 N–H and O–H groups in total. The van der Waals surface area contributed by atoms with E-state index in [1.807, 2.05) is 6.92 Å². The van der Waals surface area contributed by atoms with Crippen LogP contribution in [-0.2, 0) is 4.79 Å². The predicted molar refractivity (Wildman–Crippen MR) is 110 cm³/mol. The number of nitrogens with zero attached hydrogens (tertiary/aromatic N) is 1. The van der Waals surface area contributed by atoms with Crippen molar-refractivity contribution in [2.45, 2.75) is 46.0 Å². The van der Waals surface area contributed by atoms with Crippen molar-refractivity contribution < 1.29 is 19.1 Å². The van der Waals surface area contributed by atoms with Crippen LogP contribution in [0.3, 0.4) is 0 Å². The van der Waals surface area contributed by atoms with Crippen LogP contribution in [0.25, 0.3) is 0 Å². The number of carbonyl (C=O) groups is 2. The van der Waals surface area contributed by atoms with Gasteiger partial charge in [-0.3, -0.25) is 9.59 Å². The summed E-state index contributed by atoms with van der Waals surface area (Å²) in [4.78, 5) is 26.9. The Balaban J connectivity index is 1.94. The average Bonchev–Trinajstić information content (AvgIpc) is 2.72. The van der Waals surface area contributed by atoms with Crippen LogP contribution in [0.1, 0.15) is 56.3 Å². The summed E-state index contributed by atoms with van der Waals surface area (Å²) in [6.45, 7) is 6.30. The first-order chi connectivity index (χ1) is 13.5. The average molecular weight is 411 g/mol. The zero-order chi connectivity index (χ0) is 20.5. The fraction of sp³-hybridized carbons (Fsp3) is 0.619. The van der Waals surface area contributed by atoms with Gasteiger partial charge in [-0.15, -0.1) is 0 Å². The van der Waals surface area contributed by atoms with Gasteiger partial charge in [0.1, 0.15) is 0 Å². The molecule has 1 aromatic carbocycles. The minimum absolute atomic E-state index is 0.0240. The molecular formula is C21H31ClN2O4. The lowest BCUT2D eigenvalue weighted by atomic mass is 9.95. The van der Waals surface area contributed by atoms with Crippen LogP contribution in [0.4, 0.5) is 0 Å². The molecule has 7 heteroatoms. The molecule has 2 rings (SSSR count). The van der Waals surface area contributed by atoms with E-state index in [-0.39, 0.29) is 17.7 Å². The number of rotatable bonds is 9. The number of halogens is 1. The Morgan fingerprint density at radius 3 is 2.54 bits per heavy atom. The van der Waals surface area contributed by atoms with Gasteiger partial charge >= 0.3 is 0 Å². The van der Waals surface area contributed by atoms with Crippen molar-refractivity contribution in [1.82, 2.24) is 10.2 Å². The van der Waals surface area contributed by atoms with E-state index in [1.165, 1.54) is 7.11 Å². The number of piperidine rings is 1. The van der Waals surface area contributed by atoms with E-state index in [0.717, 1.165) is 25.8 Å². The van der Waals surface area contributed by atoms with Gasteiger partial charge in [0.15, 0.2) is 11.5 Å². The number of hydrogen-bond donors (Lipinski definition) is 1. The van der Waals surface area contributed by atoms with Crippen molar-refractivity contribution >= 4 is 23.4 Å². The van der Waals surface area contributed by atoms with E-state index >= 15 is 0 Å². The van der Waals surface area contributed by atoms with E-state index in [4.69, 9.17) is 21.1 Å². The highest BCUT2D eigenvalue weighted by molar-refractivity contribution is 6.32. The fourth-order valence-corrected chi connectivity index (χ4v) is 3.65. The van der Waals surface area contributed by atoms with Crippen molar-refractivity contribution in [2.24, 2.45) is 5.92 Å². The zero-order valence-electron chi connectivity index (χ0n) is 17.1. The molecule has 28 heavy (non-hydrogen) atoms. The number of ether oxygens (including phenoxy) is 2. The lowest BCUT2D eigenvalue weighted by molar-refractivity contribution is -0.126. The largest absolute Gasteiger partial charge is 0.493 e. The lowest BCUT2D eigenvalue weighted by Crippen LogP contribution is -2.43. The fourth-order valence-electron chi connectivity index (χ4n) is 3.39. The van der Waals surface area contributed by atoms with Crippen molar-refractivity contribution in [2.75, 3.05) is 33.4 Å². The van der Waals surface area contributed by atoms with Crippen LogP contribution in [-0.4, -0.2) is 50.1 Å². The number of unbranched alkanes of at least 4 members (excludes halogenated alkanes) is 2. The molecular weight excluding hydrogens is 380 g/mol.